The molecular weight excluding hydrogens is 470 g/mol. The number of rotatable bonds is 8. The van der Waals surface area contributed by atoms with Crippen LogP contribution in [0.25, 0.3) is 5.95 Å². The summed E-state index contributed by atoms with van der Waals surface area (Å²) in [5.41, 5.74) is 7.10. The molecule has 0 aliphatic rings. The molecule has 0 fully saturated rings. The number of nitrogen functional groups attached to an aromatic ring is 2. The molecule has 0 amide bonds. The van der Waals surface area contributed by atoms with Crippen LogP contribution in [0.4, 0.5) is 5.82 Å². The molecule has 0 unspecified atom stereocenters. The van der Waals surface area contributed by atoms with Crippen LogP contribution in [0.15, 0.2) is 51.1 Å². The van der Waals surface area contributed by atoms with Crippen LogP contribution >= 0.6 is 11.8 Å². The first-order valence-corrected chi connectivity index (χ1v) is 11.8. The zero-order chi connectivity index (χ0) is 25.3. The van der Waals surface area contributed by atoms with E-state index in [-0.39, 0.29) is 41.3 Å². The van der Waals surface area contributed by atoms with E-state index >= 15 is 0 Å². The number of Topliss-reactive ketones (excluding diaryl/α,β-unsaturated/α-hetero) is 1. The van der Waals surface area contributed by atoms with Crippen LogP contribution in [-0.4, -0.2) is 45.3 Å². The van der Waals surface area contributed by atoms with Crippen LogP contribution in [-0.2, 0) is 13.1 Å². The van der Waals surface area contributed by atoms with Gasteiger partial charge >= 0.3 is 5.69 Å². The third kappa shape index (κ3) is 4.49. The van der Waals surface area contributed by atoms with Gasteiger partial charge in [-0.05, 0) is 32.4 Å². The Kier molecular flexibility index (Phi) is 6.60. The van der Waals surface area contributed by atoms with Crippen LogP contribution in [0.3, 0.4) is 0 Å². The van der Waals surface area contributed by atoms with Crippen LogP contribution in [0.1, 0.15) is 34.2 Å². The van der Waals surface area contributed by atoms with E-state index in [1.807, 2.05) is 50.2 Å². The molecule has 1 aromatic carbocycles. The van der Waals surface area contributed by atoms with E-state index in [0.29, 0.717) is 0 Å². The van der Waals surface area contributed by atoms with Crippen molar-refractivity contribution in [1.29, 1.82) is 0 Å². The van der Waals surface area contributed by atoms with Crippen molar-refractivity contribution in [3.05, 3.63) is 79.8 Å². The number of aromatic nitrogens is 7. The number of nitrogens with two attached hydrogens (primary N) is 2. The molecule has 4 N–H and O–H groups in total. The molecule has 0 spiro atoms. The van der Waals surface area contributed by atoms with Crippen molar-refractivity contribution in [1.82, 2.24) is 33.8 Å². The Balaban J connectivity index is 1.64. The van der Waals surface area contributed by atoms with Gasteiger partial charge in [0.25, 0.3) is 11.5 Å². The van der Waals surface area contributed by atoms with Crippen molar-refractivity contribution >= 4 is 23.4 Å². The van der Waals surface area contributed by atoms with E-state index in [1.54, 1.807) is 11.6 Å². The van der Waals surface area contributed by atoms with Gasteiger partial charge in [0, 0.05) is 12.2 Å². The number of thioether (sulfide) groups is 1. The van der Waals surface area contributed by atoms with Gasteiger partial charge in [-0.1, -0.05) is 42.1 Å². The molecule has 13 heteroatoms. The van der Waals surface area contributed by atoms with Crippen LogP contribution in [0.2, 0.25) is 0 Å². The van der Waals surface area contributed by atoms with Gasteiger partial charge in [0.15, 0.2) is 5.78 Å². The van der Waals surface area contributed by atoms with Crippen molar-refractivity contribution in [2.75, 3.05) is 17.3 Å². The Bertz CT molecular complexity index is 1520. The van der Waals surface area contributed by atoms with E-state index in [4.69, 9.17) is 11.6 Å². The number of aryl methyl sites for hydroxylation is 2. The molecule has 0 aliphatic carbocycles. The molecule has 3 aromatic heterocycles. The van der Waals surface area contributed by atoms with Crippen LogP contribution in [0, 0.1) is 13.8 Å². The average molecular weight is 496 g/mol. The number of carbonyl (C=O) groups is 1. The summed E-state index contributed by atoms with van der Waals surface area (Å²) in [7, 11) is 0. The Morgan fingerprint density at radius 2 is 1.80 bits per heavy atom. The van der Waals surface area contributed by atoms with Gasteiger partial charge in [-0.15, -0.1) is 10.2 Å². The van der Waals surface area contributed by atoms with Gasteiger partial charge in [0.05, 0.1) is 18.0 Å². The number of carbonyl (C=O) groups excluding carboxylic acids is 1. The molecule has 0 radical (unpaired) electrons. The standard InChI is InChI=1S/C22H25N9O3S/c1-4-28-19(33)17(18(23)29(22(28)34)11-15-8-6-5-7-9-15)16(32)12-35-21-26-25-20(30(21)24)31-14(3)10-13(2)27-31/h5-10H,4,11-12,23-24H2,1-3H3. The van der Waals surface area contributed by atoms with Gasteiger partial charge in [-0.25, -0.2) is 14.2 Å². The number of hydrogen-bond acceptors (Lipinski definition) is 9. The highest BCUT2D eigenvalue weighted by atomic mass is 32.2. The maximum absolute atomic E-state index is 13.1. The summed E-state index contributed by atoms with van der Waals surface area (Å²) < 4.78 is 5.01. The maximum atomic E-state index is 13.1. The molecule has 0 aliphatic heterocycles. The van der Waals surface area contributed by atoms with E-state index < -0.39 is 17.0 Å². The average Bonchev–Trinajstić information content (AvgIpc) is 3.36. The van der Waals surface area contributed by atoms with Crippen molar-refractivity contribution in [2.24, 2.45) is 0 Å². The Morgan fingerprint density at radius 1 is 1.09 bits per heavy atom. The highest BCUT2D eigenvalue weighted by molar-refractivity contribution is 7.99. The first-order valence-electron chi connectivity index (χ1n) is 10.8. The first-order chi connectivity index (χ1) is 16.7. The number of benzene rings is 1. The predicted molar refractivity (Wildman–Crippen MR) is 132 cm³/mol. The first kappa shape index (κ1) is 24.0. The zero-order valence-corrected chi connectivity index (χ0v) is 20.3. The lowest BCUT2D eigenvalue weighted by atomic mass is 10.2. The molecule has 4 aromatic rings. The zero-order valence-electron chi connectivity index (χ0n) is 19.5. The number of anilines is 1. The van der Waals surface area contributed by atoms with Gasteiger partial charge in [-0.2, -0.15) is 5.10 Å². The summed E-state index contributed by atoms with van der Waals surface area (Å²) >= 11 is 1.01. The summed E-state index contributed by atoms with van der Waals surface area (Å²) in [6, 6.07) is 11.1. The molecule has 12 nitrogen and oxygen atoms in total. The highest BCUT2D eigenvalue weighted by Crippen LogP contribution is 2.20. The third-order valence-corrected chi connectivity index (χ3v) is 6.37. The second-order valence-electron chi connectivity index (χ2n) is 7.87. The lowest BCUT2D eigenvalue weighted by molar-refractivity contribution is 0.102. The van der Waals surface area contributed by atoms with Crippen molar-refractivity contribution < 1.29 is 4.79 Å². The molecule has 0 bridgehead atoms. The van der Waals surface area contributed by atoms with Gasteiger partial charge in [-0.3, -0.25) is 18.7 Å². The monoisotopic (exact) mass is 495 g/mol. The predicted octanol–water partition coefficient (Wildman–Crippen LogP) is 0.743. The fraction of sp³-hybridized carbons (Fsp3) is 0.273. The van der Waals surface area contributed by atoms with Crippen molar-refractivity contribution in [3.8, 4) is 5.95 Å². The normalized spacial score (nSPS) is 11.2. The summed E-state index contributed by atoms with van der Waals surface area (Å²) in [5.74, 6) is 5.53. The quantitative estimate of drug-likeness (QED) is 0.204. The van der Waals surface area contributed by atoms with E-state index in [9.17, 15) is 14.4 Å². The molecule has 0 atom stereocenters. The topological polar surface area (TPSA) is 162 Å². The fourth-order valence-corrected chi connectivity index (χ4v) is 4.44. The number of nitrogens with zero attached hydrogens (tertiary/aromatic N) is 7. The SMILES string of the molecule is CCn1c(=O)c(C(=O)CSc2nnc(-n3nc(C)cc3C)n2N)c(N)n(Cc2ccccc2)c1=O. The van der Waals surface area contributed by atoms with E-state index in [1.165, 1.54) is 9.24 Å². The lowest BCUT2D eigenvalue weighted by Crippen LogP contribution is -2.44. The van der Waals surface area contributed by atoms with Gasteiger partial charge in [0.2, 0.25) is 5.16 Å². The smallest absolute Gasteiger partial charge is 0.332 e. The molecule has 4 rings (SSSR count). The summed E-state index contributed by atoms with van der Waals surface area (Å²) in [6.07, 6.45) is 0. The largest absolute Gasteiger partial charge is 0.384 e. The Labute approximate surface area is 204 Å². The van der Waals surface area contributed by atoms with Crippen molar-refractivity contribution in [2.45, 2.75) is 39.0 Å². The van der Waals surface area contributed by atoms with Gasteiger partial charge < -0.3 is 11.6 Å². The molecule has 35 heavy (non-hydrogen) atoms. The number of hydrogen-bond donors (Lipinski definition) is 2. The molecule has 3 heterocycles. The summed E-state index contributed by atoms with van der Waals surface area (Å²) in [6.45, 7) is 5.59. The molecular formula is C22H25N9O3S. The second kappa shape index (κ2) is 9.62. The fourth-order valence-electron chi connectivity index (χ4n) is 3.72. The van der Waals surface area contributed by atoms with E-state index in [0.717, 1.165) is 33.3 Å². The molecule has 182 valence electrons. The lowest BCUT2D eigenvalue weighted by Gasteiger charge is -2.15. The minimum Gasteiger partial charge on any atom is -0.384 e. The van der Waals surface area contributed by atoms with Crippen LogP contribution in [0.5, 0.6) is 0 Å². The minimum absolute atomic E-state index is 0.100. The molecule has 0 saturated heterocycles. The minimum atomic E-state index is -0.720. The molecule has 0 saturated carbocycles. The second-order valence-corrected chi connectivity index (χ2v) is 8.81. The van der Waals surface area contributed by atoms with Crippen molar-refractivity contribution in [3.63, 3.8) is 0 Å². The highest BCUT2D eigenvalue weighted by Gasteiger charge is 2.24. The Hall–Kier alpha value is -4.13. The van der Waals surface area contributed by atoms with Crippen LogP contribution < -0.4 is 22.8 Å². The Morgan fingerprint density at radius 3 is 2.43 bits per heavy atom. The summed E-state index contributed by atoms with van der Waals surface area (Å²) in [5, 5.41) is 12.7. The van der Waals surface area contributed by atoms with Gasteiger partial charge in [0.1, 0.15) is 11.4 Å². The maximum Gasteiger partial charge on any atom is 0.332 e. The summed E-state index contributed by atoms with van der Waals surface area (Å²) in [4.78, 5) is 39.0. The number of ketones is 1. The third-order valence-electron chi connectivity index (χ3n) is 5.42. The van der Waals surface area contributed by atoms with E-state index in [2.05, 4.69) is 15.3 Å².